The third-order valence-corrected chi connectivity index (χ3v) is 9.14. The number of nitrogens with two attached hydrogens (primary N) is 2. The minimum Gasteiger partial charge on any atom is -0.508 e. The van der Waals surface area contributed by atoms with Gasteiger partial charge in [0.25, 0.3) is 0 Å². The van der Waals surface area contributed by atoms with E-state index in [0.717, 1.165) is 0 Å². The lowest BCUT2D eigenvalue weighted by Crippen LogP contribution is -2.60. The molecule has 52 heavy (non-hydrogen) atoms. The molecule has 1 aromatic rings. The van der Waals surface area contributed by atoms with Crippen LogP contribution in [0.4, 0.5) is 0 Å². The Labute approximate surface area is 308 Å². The second kappa shape index (κ2) is 21.2. The van der Waals surface area contributed by atoms with E-state index in [1.807, 2.05) is 34.0 Å². The van der Waals surface area contributed by atoms with Gasteiger partial charge in [-0.1, -0.05) is 39.8 Å². The number of amides is 6. The van der Waals surface area contributed by atoms with Crippen LogP contribution >= 0.6 is 11.8 Å². The maximum Gasteiger partial charge on any atom is 0.326 e. The second-order valence-corrected chi connectivity index (χ2v) is 14.9. The number of likely N-dealkylation sites (tertiary alicyclic amines) is 1. The van der Waals surface area contributed by atoms with E-state index < -0.39 is 84.1 Å². The number of thioether (sulfide) groups is 1. The van der Waals surface area contributed by atoms with Crippen molar-refractivity contribution in [3.05, 3.63) is 29.8 Å². The molecule has 0 bridgehead atoms. The van der Waals surface area contributed by atoms with E-state index in [1.165, 1.54) is 28.8 Å². The molecule has 1 aliphatic rings. The second-order valence-electron chi connectivity index (χ2n) is 14.0. The SMILES string of the molecule is CSCCC(NC(=O)C(Cc1ccc(O)cc1)NC(=O)C(CC(C)C)NC(=O)C(CC(N)=O)NC(=O)C(N)CC(C)C)C(=O)N1CCCC1C(=O)O. The summed E-state index contributed by atoms with van der Waals surface area (Å²) in [6.07, 6.45) is 2.63. The van der Waals surface area contributed by atoms with Gasteiger partial charge in [0.05, 0.1) is 12.5 Å². The number of aromatic hydroxyl groups is 1. The Bertz CT molecular complexity index is 1410. The van der Waals surface area contributed by atoms with Crippen LogP contribution in [0.5, 0.6) is 5.75 Å². The summed E-state index contributed by atoms with van der Waals surface area (Å²) in [6.45, 7) is 7.59. The van der Waals surface area contributed by atoms with E-state index in [-0.39, 0.29) is 43.4 Å². The van der Waals surface area contributed by atoms with Gasteiger partial charge in [0.15, 0.2) is 0 Å². The molecule has 0 spiro atoms. The predicted octanol–water partition coefficient (Wildman–Crippen LogP) is -0.00250. The molecule has 10 N–H and O–H groups in total. The summed E-state index contributed by atoms with van der Waals surface area (Å²) >= 11 is 1.44. The van der Waals surface area contributed by atoms with Crippen molar-refractivity contribution in [2.75, 3.05) is 18.6 Å². The molecule has 16 nitrogen and oxygen atoms in total. The first-order valence-corrected chi connectivity index (χ1v) is 18.9. The van der Waals surface area contributed by atoms with Crippen LogP contribution in [0.1, 0.15) is 71.8 Å². The van der Waals surface area contributed by atoms with Gasteiger partial charge in [0.1, 0.15) is 36.0 Å². The van der Waals surface area contributed by atoms with Crippen LogP contribution in [0.2, 0.25) is 0 Å². The van der Waals surface area contributed by atoms with E-state index in [0.29, 0.717) is 30.6 Å². The maximum absolute atomic E-state index is 13.9. The number of carbonyl (C=O) groups excluding carboxylic acids is 6. The number of primary amides is 1. The summed E-state index contributed by atoms with van der Waals surface area (Å²) in [4.78, 5) is 92.6. The number of hydrogen-bond acceptors (Lipinski definition) is 10. The summed E-state index contributed by atoms with van der Waals surface area (Å²) in [5, 5.41) is 29.9. The quantitative estimate of drug-likeness (QED) is 0.0829. The highest BCUT2D eigenvalue weighted by Gasteiger charge is 2.39. The van der Waals surface area contributed by atoms with Gasteiger partial charge in [-0.05, 0) is 73.6 Å². The summed E-state index contributed by atoms with van der Waals surface area (Å²) in [7, 11) is 0. The highest BCUT2D eigenvalue weighted by Crippen LogP contribution is 2.20. The van der Waals surface area contributed by atoms with E-state index in [1.54, 1.807) is 12.1 Å². The number of benzene rings is 1. The Morgan fingerprint density at radius 1 is 0.827 bits per heavy atom. The molecule has 1 aromatic carbocycles. The highest BCUT2D eigenvalue weighted by atomic mass is 32.2. The van der Waals surface area contributed by atoms with Gasteiger partial charge in [-0.2, -0.15) is 11.8 Å². The number of hydrogen-bond donors (Lipinski definition) is 8. The van der Waals surface area contributed by atoms with Crippen LogP contribution in [0.25, 0.3) is 0 Å². The predicted molar refractivity (Wildman–Crippen MR) is 196 cm³/mol. The summed E-state index contributed by atoms with van der Waals surface area (Å²) in [5.74, 6) is -5.14. The van der Waals surface area contributed by atoms with Crippen LogP contribution in [-0.2, 0) is 40.0 Å². The van der Waals surface area contributed by atoms with Crippen molar-refractivity contribution in [1.29, 1.82) is 0 Å². The number of nitrogens with zero attached hydrogens (tertiary/aromatic N) is 1. The van der Waals surface area contributed by atoms with Gasteiger partial charge in [-0.15, -0.1) is 0 Å². The fourth-order valence-corrected chi connectivity index (χ4v) is 6.35. The van der Waals surface area contributed by atoms with Gasteiger partial charge in [0.2, 0.25) is 35.4 Å². The fraction of sp³-hybridized carbons (Fsp3) is 0.629. The van der Waals surface area contributed by atoms with Crippen LogP contribution in [0.15, 0.2) is 24.3 Å². The maximum atomic E-state index is 13.9. The van der Waals surface area contributed by atoms with Gasteiger partial charge in [0, 0.05) is 13.0 Å². The van der Waals surface area contributed by atoms with Crippen molar-refractivity contribution in [2.45, 2.75) is 109 Å². The molecule has 0 radical (unpaired) electrons. The molecule has 6 unspecified atom stereocenters. The van der Waals surface area contributed by atoms with E-state index >= 15 is 0 Å². The molecule has 6 amide bonds. The molecule has 0 saturated carbocycles. The van der Waals surface area contributed by atoms with Crippen molar-refractivity contribution in [2.24, 2.45) is 23.3 Å². The van der Waals surface area contributed by atoms with Crippen LogP contribution in [-0.4, -0.2) is 111 Å². The zero-order valence-electron chi connectivity index (χ0n) is 30.6. The number of rotatable bonds is 21. The van der Waals surface area contributed by atoms with E-state index in [4.69, 9.17) is 11.5 Å². The first kappa shape index (κ1) is 43.8. The molecule has 1 fully saturated rings. The number of nitrogens with one attached hydrogen (secondary N) is 4. The van der Waals surface area contributed by atoms with E-state index in [9.17, 15) is 43.8 Å². The van der Waals surface area contributed by atoms with Gasteiger partial charge in [-0.25, -0.2) is 4.79 Å². The lowest BCUT2D eigenvalue weighted by atomic mass is 10.00. The molecule has 6 atom stereocenters. The average Bonchev–Trinajstić information content (AvgIpc) is 3.56. The molecule has 17 heteroatoms. The number of aliphatic carboxylic acids is 1. The molecule has 0 aromatic heterocycles. The number of carboxylic acids is 1. The Morgan fingerprint density at radius 3 is 1.92 bits per heavy atom. The molecule has 1 heterocycles. The largest absolute Gasteiger partial charge is 0.508 e. The third kappa shape index (κ3) is 14.3. The smallest absolute Gasteiger partial charge is 0.326 e. The minimum atomic E-state index is -1.43. The summed E-state index contributed by atoms with van der Waals surface area (Å²) in [5.41, 5.74) is 11.9. The molecular weight excluding hydrogens is 694 g/mol. The average molecular weight is 750 g/mol. The van der Waals surface area contributed by atoms with Crippen LogP contribution < -0.4 is 32.7 Å². The highest BCUT2D eigenvalue weighted by molar-refractivity contribution is 7.98. The molecule has 2 rings (SSSR count). The van der Waals surface area contributed by atoms with Crippen molar-refractivity contribution in [3.63, 3.8) is 0 Å². The van der Waals surface area contributed by atoms with Crippen LogP contribution in [0, 0.1) is 11.8 Å². The molecule has 290 valence electrons. The van der Waals surface area contributed by atoms with Gasteiger partial charge < -0.3 is 47.8 Å². The van der Waals surface area contributed by atoms with Gasteiger partial charge >= 0.3 is 5.97 Å². The molecule has 1 saturated heterocycles. The van der Waals surface area contributed by atoms with Crippen molar-refractivity contribution >= 4 is 53.2 Å². The van der Waals surface area contributed by atoms with Crippen LogP contribution in [0.3, 0.4) is 0 Å². The Kier molecular flexibility index (Phi) is 17.9. The summed E-state index contributed by atoms with van der Waals surface area (Å²) in [6, 6.07) is -1.02. The van der Waals surface area contributed by atoms with Crippen molar-refractivity contribution in [3.8, 4) is 5.75 Å². The Hall–Kier alpha value is -4.38. The molecular formula is C35H55N7O9S. The molecule has 1 aliphatic heterocycles. The van der Waals surface area contributed by atoms with Gasteiger partial charge in [-0.3, -0.25) is 28.8 Å². The first-order valence-electron chi connectivity index (χ1n) is 17.5. The zero-order chi connectivity index (χ0) is 39.1. The number of carboxylic acid groups (broad SMARTS) is 1. The van der Waals surface area contributed by atoms with Crippen molar-refractivity contribution in [1.82, 2.24) is 26.2 Å². The van der Waals surface area contributed by atoms with Crippen molar-refractivity contribution < 1.29 is 43.8 Å². The first-order chi connectivity index (χ1) is 24.4. The standard InChI is InChI=1S/C35H55N7O9S/c1-19(2)15-23(36)30(45)39-27(18-29(37)44)33(48)40-25(16-20(3)4)31(46)41-26(17-21-8-10-22(43)11-9-21)32(47)38-24(12-14-52-5)34(49)42-13-6-7-28(42)35(50)51/h8-11,19-20,23-28,43H,6-7,12-18,36H2,1-5H3,(H2,37,44)(H,38,47)(H,39,45)(H,40,48)(H,41,46)(H,50,51). The number of phenols is 1. The summed E-state index contributed by atoms with van der Waals surface area (Å²) < 4.78 is 0. The number of carbonyl (C=O) groups is 7. The van der Waals surface area contributed by atoms with E-state index in [2.05, 4.69) is 21.3 Å². The molecule has 0 aliphatic carbocycles. The number of phenolic OH excluding ortho intramolecular Hbond substituents is 1. The Balaban J connectivity index is 2.38. The zero-order valence-corrected chi connectivity index (χ0v) is 31.4. The third-order valence-electron chi connectivity index (χ3n) is 8.50. The topological polar surface area (TPSA) is 263 Å². The minimum absolute atomic E-state index is 0.0161. The lowest BCUT2D eigenvalue weighted by Gasteiger charge is -2.29. The lowest BCUT2D eigenvalue weighted by molar-refractivity contribution is -0.149. The Morgan fingerprint density at radius 2 is 1.37 bits per heavy atom. The normalized spacial score (nSPS) is 17.1. The fourth-order valence-electron chi connectivity index (χ4n) is 5.88. The monoisotopic (exact) mass is 749 g/mol.